The van der Waals surface area contributed by atoms with Gasteiger partial charge in [0, 0.05) is 23.3 Å². The predicted molar refractivity (Wildman–Crippen MR) is 121 cm³/mol. The summed E-state index contributed by atoms with van der Waals surface area (Å²) in [5, 5.41) is 8.53. The highest BCUT2D eigenvalue weighted by molar-refractivity contribution is 5.95. The summed E-state index contributed by atoms with van der Waals surface area (Å²) in [5.74, 6) is 0.746. The largest absolute Gasteiger partial charge is 0.491 e. The lowest BCUT2D eigenvalue weighted by Crippen LogP contribution is -2.34. The quantitative estimate of drug-likeness (QED) is 0.557. The fraction of sp³-hybridized carbons (Fsp3) is 0.417. The summed E-state index contributed by atoms with van der Waals surface area (Å²) in [6.45, 7) is 9.80. The van der Waals surface area contributed by atoms with Gasteiger partial charge in [-0.2, -0.15) is 0 Å². The van der Waals surface area contributed by atoms with Crippen LogP contribution in [0.4, 0.5) is 10.5 Å². The van der Waals surface area contributed by atoms with Crippen LogP contribution in [0.3, 0.4) is 0 Å². The highest BCUT2D eigenvalue weighted by Crippen LogP contribution is 2.16. The molecule has 0 aliphatic carbocycles. The van der Waals surface area contributed by atoms with Crippen molar-refractivity contribution in [3.8, 4) is 5.75 Å². The molecule has 0 saturated heterocycles. The van der Waals surface area contributed by atoms with E-state index < -0.39 is 0 Å². The maximum atomic E-state index is 12.5. The van der Waals surface area contributed by atoms with Gasteiger partial charge in [0.25, 0.3) is 5.91 Å². The molecule has 0 fully saturated rings. The molecule has 0 heterocycles. The third-order valence-corrected chi connectivity index (χ3v) is 4.36. The summed E-state index contributed by atoms with van der Waals surface area (Å²) in [6, 6.07) is 14.8. The number of hydrogen-bond acceptors (Lipinski definition) is 3. The van der Waals surface area contributed by atoms with Crippen molar-refractivity contribution in [2.75, 3.05) is 5.32 Å². The Morgan fingerprint density at radius 3 is 2.07 bits per heavy atom. The molecule has 0 saturated carbocycles. The first kappa shape index (κ1) is 23.3. The number of benzene rings is 2. The molecular weight excluding hydrogens is 378 g/mol. The number of nitrogens with one attached hydrogen (secondary N) is 3. The SMILES string of the molecule is CC(C)NC(=O)Nc1ccc(C(=O)NC(C)CCc2ccc(OC(C)C)cc2)cc1. The molecule has 0 bridgehead atoms. The minimum Gasteiger partial charge on any atom is -0.491 e. The van der Waals surface area contributed by atoms with E-state index >= 15 is 0 Å². The van der Waals surface area contributed by atoms with E-state index in [4.69, 9.17) is 4.74 Å². The van der Waals surface area contributed by atoms with Crippen LogP contribution in [0.15, 0.2) is 48.5 Å². The lowest BCUT2D eigenvalue weighted by Gasteiger charge is -2.15. The number of urea groups is 1. The number of anilines is 1. The van der Waals surface area contributed by atoms with Crippen molar-refractivity contribution >= 4 is 17.6 Å². The number of carbonyl (C=O) groups is 2. The maximum absolute atomic E-state index is 12.5. The average molecular weight is 412 g/mol. The van der Waals surface area contributed by atoms with E-state index in [0.717, 1.165) is 18.6 Å². The van der Waals surface area contributed by atoms with E-state index in [2.05, 4.69) is 28.1 Å². The summed E-state index contributed by atoms with van der Waals surface area (Å²) >= 11 is 0. The zero-order chi connectivity index (χ0) is 22.1. The second-order valence-corrected chi connectivity index (χ2v) is 8.05. The van der Waals surface area contributed by atoms with Gasteiger partial charge < -0.3 is 20.7 Å². The fourth-order valence-electron chi connectivity index (χ4n) is 2.90. The number of amides is 3. The van der Waals surface area contributed by atoms with Gasteiger partial charge in [-0.1, -0.05) is 12.1 Å². The molecule has 30 heavy (non-hydrogen) atoms. The molecule has 1 unspecified atom stereocenters. The fourth-order valence-corrected chi connectivity index (χ4v) is 2.90. The Kier molecular flexibility index (Phi) is 8.71. The van der Waals surface area contributed by atoms with Gasteiger partial charge in [0.05, 0.1) is 6.10 Å². The van der Waals surface area contributed by atoms with Gasteiger partial charge >= 0.3 is 6.03 Å². The van der Waals surface area contributed by atoms with E-state index in [1.54, 1.807) is 24.3 Å². The third kappa shape index (κ3) is 8.15. The molecule has 2 rings (SSSR count). The van der Waals surface area contributed by atoms with Crippen LogP contribution in [0.1, 0.15) is 57.0 Å². The molecule has 6 heteroatoms. The van der Waals surface area contributed by atoms with Crippen molar-refractivity contribution in [1.82, 2.24) is 10.6 Å². The smallest absolute Gasteiger partial charge is 0.319 e. The summed E-state index contributed by atoms with van der Waals surface area (Å²) < 4.78 is 5.66. The summed E-state index contributed by atoms with van der Waals surface area (Å²) in [6.07, 6.45) is 1.87. The van der Waals surface area contributed by atoms with Gasteiger partial charge in [0.15, 0.2) is 0 Å². The Hall–Kier alpha value is -3.02. The minimum absolute atomic E-state index is 0.0405. The van der Waals surface area contributed by atoms with Crippen molar-refractivity contribution in [3.63, 3.8) is 0 Å². The summed E-state index contributed by atoms with van der Waals surface area (Å²) in [4.78, 5) is 24.2. The van der Waals surface area contributed by atoms with Gasteiger partial charge in [-0.25, -0.2) is 4.79 Å². The van der Waals surface area contributed by atoms with Gasteiger partial charge in [0.1, 0.15) is 5.75 Å². The summed E-state index contributed by atoms with van der Waals surface area (Å²) in [7, 11) is 0. The second-order valence-electron chi connectivity index (χ2n) is 8.05. The molecule has 6 nitrogen and oxygen atoms in total. The Morgan fingerprint density at radius 1 is 0.867 bits per heavy atom. The number of aryl methyl sites for hydroxylation is 1. The van der Waals surface area contributed by atoms with Gasteiger partial charge in [-0.05, 0) is 89.4 Å². The first-order valence-electron chi connectivity index (χ1n) is 10.5. The van der Waals surface area contributed by atoms with Crippen LogP contribution in [0.5, 0.6) is 5.75 Å². The van der Waals surface area contributed by atoms with Crippen LogP contribution in [0.25, 0.3) is 0 Å². The standard InChI is InChI=1S/C24H33N3O3/c1-16(2)25-24(29)27-21-12-10-20(11-13-21)23(28)26-18(5)6-7-19-8-14-22(15-9-19)30-17(3)4/h8-18H,6-7H2,1-5H3,(H,26,28)(H2,25,27,29). The van der Waals surface area contributed by atoms with E-state index in [-0.39, 0.29) is 30.1 Å². The van der Waals surface area contributed by atoms with Crippen molar-refractivity contribution in [2.45, 2.75) is 65.6 Å². The van der Waals surface area contributed by atoms with Crippen LogP contribution in [-0.2, 0) is 6.42 Å². The van der Waals surface area contributed by atoms with E-state index in [0.29, 0.717) is 11.3 Å². The Bertz CT molecular complexity index is 815. The highest BCUT2D eigenvalue weighted by Gasteiger charge is 2.11. The Labute approximate surface area is 179 Å². The second kappa shape index (κ2) is 11.2. The van der Waals surface area contributed by atoms with Crippen LogP contribution < -0.4 is 20.7 Å². The third-order valence-electron chi connectivity index (χ3n) is 4.36. The number of ether oxygens (including phenoxy) is 1. The summed E-state index contributed by atoms with van der Waals surface area (Å²) in [5.41, 5.74) is 2.41. The number of carbonyl (C=O) groups excluding carboxylic acids is 2. The molecular formula is C24H33N3O3. The molecule has 0 aliphatic heterocycles. The van der Waals surface area contributed by atoms with Gasteiger partial charge in [-0.3, -0.25) is 4.79 Å². The average Bonchev–Trinajstić information content (AvgIpc) is 2.67. The molecule has 2 aromatic rings. The van der Waals surface area contributed by atoms with E-state index in [1.807, 2.05) is 46.8 Å². The van der Waals surface area contributed by atoms with Crippen molar-refractivity contribution in [3.05, 3.63) is 59.7 Å². The van der Waals surface area contributed by atoms with Crippen molar-refractivity contribution in [1.29, 1.82) is 0 Å². The van der Waals surface area contributed by atoms with Crippen LogP contribution in [-0.4, -0.2) is 30.1 Å². The molecule has 0 radical (unpaired) electrons. The van der Waals surface area contributed by atoms with Gasteiger partial charge in [0.2, 0.25) is 0 Å². The van der Waals surface area contributed by atoms with E-state index in [9.17, 15) is 9.59 Å². The molecule has 3 amide bonds. The van der Waals surface area contributed by atoms with Gasteiger partial charge in [-0.15, -0.1) is 0 Å². The molecule has 0 aromatic heterocycles. The highest BCUT2D eigenvalue weighted by atomic mass is 16.5. The zero-order valence-electron chi connectivity index (χ0n) is 18.5. The van der Waals surface area contributed by atoms with E-state index in [1.165, 1.54) is 5.56 Å². The Balaban J connectivity index is 1.80. The number of hydrogen-bond donors (Lipinski definition) is 3. The topological polar surface area (TPSA) is 79.5 Å². The molecule has 0 aliphatic rings. The van der Waals surface area contributed by atoms with Crippen LogP contribution >= 0.6 is 0 Å². The molecule has 1 atom stereocenters. The molecule has 0 spiro atoms. The Morgan fingerprint density at radius 2 is 1.50 bits per heavy atom. The molecule has 162 valence electrons. The van der Waals surface area contributed by atoms with Crippen LogP contribution in [0, 0.1) is 0 Å². The van der Waals surface area contributed by atoms with Crippen molar-refractivity contribution in [2.24, 2.45) is 0 Å². The number of rotatable bonds is 9. The molecule has 2 aromatic carbocycles. The lowest BCUT2D eigenvalue weighted by atomic mass is 10.1. The van der Waals surface area contributed by atoms with Crippen LogP contribution in [0.2, 0.25) is 0 Å². The minimum atomic E-state index is -0.264. The lowest BCUT2D eigenvalue weighted by molar-refractivity contribution is 0.0938. The predicted octanol–water partition coefficient (Wildman–Crippen LogP) is 4.75. The first-order valence-corrected chi connectivity index (χ1v) is 10.5. The molecule has 3 N–H and O–H groups in total. The monoisotopic (exact) mass is 411 g/mol. The zero-order valence-corrected chi connectivity index (χ0v) is 18.5. The normalized spacial score (nSPS) is 11.8. The maximum Gasteiger partial charge on any atom is 0.319 e. The van der Waals surface area contributed by atoms with Crippen molar-refractivity contribution < 1.29 is 14.3 Å². The first-order chi connectivity index (χ1) is 14.2.